The number of hydrogen-bond acceptors (Lipinski definition) is 8. The average Bonchev–Trinajstić information content (AvgIpc) is 2.88. The van der Waals surface area contributed by atoms with Gasteiger partial charge >= 0.3 is 5.97 Å². The highest BCUT2D eigenvalue weighted by Gasteiger charge is 2.18. The summed E-state index contributed by atoms with van der Waals surface area (Å²) < 4.78 is 5.42. The summed E-state index contributed by atoms with van der Waals surface area (Å²) in [6.45, 7) is 3.63. The predicted octanol–water partition coefficient (Wildman–Crippen LogP) is 4.80. The number of anilines is 1. The van der Waals surface area contributed by atoms with E-state index < -0.39 is 5.97 Å². The van der Waals surface area contributed by atoms with Gasteiger partial charge in [0, 0.05) is 34.3 Å². The summed E-state index contributed by atoms with van der Waals surface area (Å²) in [6.07, 6.45) is 2.49. The second-order valence-electron chi connectivity index (χ2n) is 7.58. The number of benzene rings is 2. The molecule has 0 spiro atoms. The molecule has 0 aliphatic rings. The zero-order valence-corrected chi connectivity index (χ0v) is 21.6. The highest BCUT2D eigenvalue weighted by atomic mass is 35.5. The minimum atomic E-state index is -0.459. The Labute approximate surface area is 220 Å². The van der Waals surface area contributed by atoms with Crippen molar-refractivity contribution in [1.82, 2.24) is 14.9 Å². The second-order valence-corrected chi connectivity index (χ2v) is 8.64. The first-order valence-corrected chi connectivity index (χ1v) is 11.7. The van der Waals surface area contributed by atoms with Crippen LogP contribution in [0.5, 0.6) is 0 Å². The van der Waals surface area contributed by atoms with Crippen LogP contribution in [0.4, 0.5) is 5.82 Å². The van der Waals surface area contributed by atoms with E-state index in [4.69, 9.17) is 10.5 Å². The maximum absolute atomic E-state index is 12.9. The number of aromatic nitrogens is 2. The molecule has 3 aromatic rings. The SMILES string of the molecule is C/C(=C(\CCOC(=O)c1ccccc1)SC(=O)c1ccccc1)N(C=O)Cc1cnc(C)nc1N.Cl. The molecule has 0 unspecified atom stereocenters. The molecule has 0 saturated heterocycles. The molecule has 0 fully saturated rings. The van der Waals surface area contributed by atoms with E-state index in [0.717, 1.165) is 11.8 Å². The maximum atomic E-state index is 12.9. The van der Waals surface area contributed by atoms with Crippen molar-refractivity contribution in [1.29, 1.82) is 0 Å². The van der Waals surface area contributed by atoms with E-state index in [1.54, 1.807) is 68.6 Å². The molecule has 1 heterocycles. The average molecular weight is 527 g/mol. The molecule has 2 N–H and O–H groups in total. The quantitative estimate of drug-likeness (QED) is 0.296. The van der Waals surface area contributed by atoms with Gasteiger partial charge in [-0.3, -0.25) is 9.59 Å². The molecule has 188 valence electrons. The van der Waals surface area contributed by atoms with Gasteiger partial charge in [-0.25, -0.2) is 14.8 Å². The summed E-state index contributed by atoms with van der Waals surface area (Å²) in [4.78, 5) is 47.6. The Bertz CT molecular complexity index is 1220. The fraction of sp³-hybridized carbons (Fsp3) is 0.192. The minimum absolute atomic E-state index is 0. The fourth-order valence-electron chi connectivity index (χ4n) is 3.16. The van der Waals surface area contributed by atoms with Gasteiger partial charge in [-0.15, -0.1) is 12.4 Å². The smallest absolute Gasteiger partial charge is 0.338 e. The van der Waals surface area contributed by atoms with Gasteiger partial charge in [0.25, 0.3) is 0 Å². The molecule has 0 bridgehead atoms. The van der Waals surface area contributed by atoms with Crippen LogP contribution >= 0.6 is 24.2 Å². The van der Waals surface area contributed by atoms with Crippen molar-refractivity contribution < 1.29 is 19.1 Å². The summed E-state index contributed by atoms with van der Waals surface area (Å²) >= 11 is 1.00. The number of esters is 1. The number of allylic oxidation sites excluding steroid dienone is 1. The van der Waals surface area contributed by atoms with Gasteiger partial charge in [0.05, 0.1) is 18.7 Å². The zero-order chi connectivity index (χ0) is 25.2. The van der Waals surface area contributed by atoms with Crippen LogP contribution in [-0.4, -0.2) is 39.0 Å². The molecule has 36 heavy (non-hydrogen) atoms. The summed E-state index contributed by atoms with van der Waals surface area (Å²) in [7, 11) is 0. The fourth-order valence-corrected chi connectivity index (χ4v) is 4.09. The number of carbonyl (C=O) groups is 3. The van der Waals surface area contributed by atoms with E-state index in [0.29, 0.717) is 39.5 Å². The van der Waals surface area contributed by atoms with Crippen molar-refractivity contribution in [2.24, 2.45) is 0 Å². The van der Waals surface area contributed by atoms with Gasteiger partial charge in [0.2, 0.25) is 11.5 Å². The van der Waals surface area contributed by atoms with E-state index in [2.05, 4.69) is 9.97 Å². The van der Waals surface area contributed by atoms with Crippen molar-refractivity contribution >= 4 is 47.5 Å². The number of nitrogen functional groups attached to an aromatic ring is 1. The minimum Gasteiger partial charge on any atom is -0.462 e. The Balaban J connectivity index is 0.00000456. The molecule has 0 radical (unpaired) electrons. The largest absolute Gasteiger partial charge is 0.462 e. The molecule has 1 amide bonds. The Kier molecular flexibility index (Phi) is 11.1. The molecular weight excluding hydrogens is 500 g/mol. The molecule has 8 nitrogen and oxygen atoms in total. The normalized spacial score (nSPS) is 11.1. The maximum Gasteiger partial charge on any atom is 0.338 e. The number of ether oxygens (including phenoxy) is 1. The standard InChI is InChI=1S/C26H26N4O4S.ClH/c1-18(30(17-31)16-22-15-28-19(2)29-24(22)27)23(35-26(33)21-11-7-4-8-12-21)13-14-34-25(32)20-9-5-3-6-10-20;/h3-12,15,17H,13-14,16H2,1-2H3,(H2,27,28,29);1H/b23-18-;. The van der Waals surface area contributed by atoms with E-state index >= 15 is 0 Å². The Morgan fingerprint density at radius 3 is 2.25 bits per heavy atom. The summed E-state index contributed by atoms with van der Waals surface area (Å²) in [5.41, 5.74) is 8.09. The van der Waals surface area contributed by atoms with Gasteiger partial charge in [0.1, 0.15) is 11.6 Å². The highest BCUT2D eigenvalue weighted by molar-refractivity contribution is 8.17. The third-order valence-electron chi connectivity index (χ3n) is 5.12. The molecule has 0 saturated carbocycles. The number of amides is 1. The first-order valence-electron chi connectivity index (χ1n) is 10.9. The van der Waals surface area contributed by atoms with Crippen LogP contribution in [0.15, 0.2) is 77.5 Å². The van der Waals surface area contributed by atoms with Gasteiger partial charge in [-0.05, 0) is 37.7 Å². The lowest BCUT2D eigenvalue weighted by molar-refractivity contribution is -0.116. The van der Waals surface area contributed by atoms with Crippen molar-refractivity contribution in [3.63, 3.8) is 0 Å². The lowest BCUT2D eigenvalue weighted by atomic mass is 10.2. The van der Waals surface area contributed by atoms with Gasteiger partial charge in [-0.2, -0.15) is 0 Å². The number of thioether (sulfide) groups is 1. The molecule has 2 aromatic carbocycles. The van der Waals surface area contributed by atoms with Crippen LogP contribution in [0.2, 0.25) is 0 Å². The molecule has 0 aliphatic carbocycles. The topological polar surface area (TPSA) is 115 Å². The zero-order valence-electron chi connectivity index (χ0n) is 19.9. The molecular formula is C26H27ClN4O4S. The summed E-state index contributed by atoms with van der Waals surface area (Å²) in [6, 6.07) is 17.5. The third kappa shape index (κ3) is 7.93. The van der Waals surface area contributed by atoms with Crippen molar-refractivity contribution in [3.8, 4) is 0 Å². The van der Waals surface area contributed by atoms with Gasteiger partial charge in [-0.1, -0.05) is 48.5 Å². The number of hydrogen-bond donors (Lipinski definition) is 1. The molecule has 1 aromatic heterocycles. The lowest BCUT2D eigenvalue weighted by Crippen LogP contribution is -2.22. The third-order valence-corrected chi connectivity index (χ3v) is 6.28. The van der Waals surface area contributed by atoms with Gasteiger partial charge in [0.15, 0.2) is 0 Å². The van der Waals surface area contributed by atoms with E-state index in [9.17, 15) is 14.4 Å². The van der Waals surface area contributed by atoms with Crippen LogP contribution in [0.3, 0.4) is 0 Å². The number of carbonyl (C=O) groups excluding carboxylic acids is 3. The van der Waals surface area contributed by atoms with Crippen LogP contribution < -0.4 is 5.73 Å². The number of halogens is 1. The molecule has 0 atom stereocenters. The second kappa shape index (κ2) is 14.0. The number of rotatable bonds is 10. The Hall–Kier alpha value is -3.69. The van der Waals surface area contributed by atoms with E-state index in [1.807, 2.05) is 12.1 Å². The molecule has 0 aliphatic heterocycles. The van der Waals surface area contributed by atoms with Crippen LogP contribution in [0, 0.1) is 6.92 Å². The van der Waals surface area contributed by atoms with E-state index in [1.165, 1.54) is 4.90 Å². The Morgan fingerprint density at radius 2 is 1.67 bits per heavy atom. The number of nitrogens with zero attached hydrogens (tertiary/aromatic N) is 3. The highest BCUT2D eigenvalue weighted by Crippen LogP contribution is 2.29. The predicted molar refractivity (Wildman–Crippen MR) is 142 cm³/mol. The van der Waals surface area contributed by atoms with Crippen LogP contribution in [0.1, 0.15) is 45.4 Å². The first kappa shape index (κ1) is 28.5. The summed E-state index contributed by atoms with van der Waals surface area (Å²) in [5.74, 6) is 0.350. The monoisotopic (exact) mass is 526 g/mol. The summed E-state index contributed by atoms with van der Waals surface area (Å²) in [5, 5.41) is -0.182. The molecule has 3 rings (SSSR count). The number of nitrogens with two attached hydrogens (primary N) is 1. The molecule has 10 heteroatoms. The van der Waals surface area contributed by atoms with Crippen LogP contribution in [0.25, 0.3) is 0 Å². The van der Waals surface area contributed by atoms with E-state index in [-0.39, 0.29) is 42.9 Å². The van der Waals surface area contributed by atoms with Gasteiger partial charge < -0.3 is 15.4 Å². The van der Waals surface area contributed by atoms with Crippen molar-refractivity contribution in [2.45, 2.75) is 26.8 Å². The van der Waals surface area contributed by atoms with Crippen molar-refractivity contribution in [2.75, 3.05) is 12.3 Å². The Morgan fingerprint density at radius 1 is 1.06 bits per heavy atom. The first-order chi connectivity index (χ1) is 16.9. The number of aryl methyl sites for hydroxylation is 1. The lowest BCUT2D eigenvalue weighted by Gasteiger charge is -2.22. The van der Waals surface area contributed by atoms with Crippen LogP contribution in [-0.2, 0) is 16.1 Å². The van der Waals surface area contributed by atoms with Crippen molar-refractivity contribution in [3.05, 3.63) is 100.0 Å².